The summed E-state index contributed by atoms with van der Waals surface area (Å²) in [6, 6.07) is 9.08. The van der Waals surface area contributed by atoms with Crippen molar-refractivity contribution in [2.45, 2.75) is 51.2 Å². The van der Waals surface area contributed by atoms with Crippen LogP contribution in [0.4, 0.5) is 15.3 Å². The molecule has 19 heteroatoms. The van der Waals surface area contributed by atoms with Crippen LogP contribution in [-0.2, 0) is 62.6 Å². The molecule has 51 heavy (non-hydrogen) atoms. The van der Waals surface area contributed by atoms with Crippen molar-refractivity contribution < 1.29 is 111 Å². The number of nitrogens with one attached hydrogen (secondary N) is 2. The maximum Gasteiger partial charge on any atom is 0.411 e. The van der Waals surface area contributed by atoms with Crippen molar-refractivity contribution in [3.63, 3.8) is 0 Å². The minimum atomic E-state index is -1.30. The third-order valence-electron chi connectivity index (χ3n) is 6.84. The van der Waals surface area contributed by atoms with Crippen LogP contribution in [-0.4, -0.2) is 104 Å². The van der Waals surface area contributed by atoms with E-state index in [1.54, 1.807) is 19.2 Å². The van der Waals surface area contributed by atoms with Crippen molar-refractivity contribution in [2.24, 2.45) is 0 Å². The van der Waals surface area contributed by atoms with Gasteiger partial charge in [0.1, 0.15) is 19.0 Å². The summed E-state index contributed by atoms with van der Waals surface area (Å²) in [6.07, 6.45) is -4.45. The van der Waals surface area contributed by atoms with Gasteiger partial charge in [-0.05, 0) is 35.4 Å². The van der Waals surface area contributed by atoms with E-state index >= 15 is 0 Å². The second-order valence-electron chi connectivity index (χ2n) is 10.5. The van der Waals surface area contributed by atoms with Crippen molar-refractivity contribution >= 4 is 56.7 Å². The second kappa shape index (κ2) is 24.4. The quantitative estimate of drug-likeness (QED) is 0.0465. The second-order valence-corrected chi connectivity index (χ2v) is 11.4. The number of hydrogen-bond acceptors (Lipinski definition) is 14. The molecule has 0 aliphatic carbocycles. The van der Waals surface area contributed by atoms with Crippen molar-refractivity contribution in [1.29, 1.82) is 0 Å². The Bertz CT molecular complexity index is 1450. The fourth-order valence-corrected chi connectivity index (χ4v) is 4.66. The van der Waals surface area contributed by atoms with Gasteiger partial charge >= 0.3 is 16.0 Å². The molecule has 0 aromatic heterocycles. The van der Waals surface area contributed by atoms with Crippen LogP contribution < -0.4 is 15.4 Å². The molecule has 4 N–H and O–H groups in total. The molecule has 1 aliphatic heterocycles. The van der Waals surface area contributed by atoms with E-state index < -0.39 is 40.4 Å². The number of carbonyl (C=O) groups is 4. The Balaban J connectivity index is 0.00000901. The number of halogens is 1. The first-order valence-electron chi connectivity index (χ1n) is 15.2. The number of anilines is 1. The number of benzene rings is 2. The molecule has 1 fully saturated rings. The number of aliphatic carboxylic acids is 1. The molecule has 283 valence electrons. The Morgan fingerprint density at radius 1 is 0.941 bits per heavy atom. The number of carboxylic acid groups (broad SMARTS) is 1. The predicted octanol–water partition coefficient (Wildman–Crippen LogP) is 2.83. The van der Waals surface area contributed by atoms with E-state index in [0.29, 0.717) is 43.1 Å². The molecule has 0 saturated carbocycles. The zero-order valence-corrected chi connectivity index (χ0v) is 31.7. The summed E-state index contributed by atoms with van der Waals surface area (Å²) in [5.41, 5.74) is 1.66. The third kappa shape index (κ3) is 16.6. The van der Waals surface area contributed by atoms with Crippen LogP contribution in [0.25, 0.3) is 0 Å². The molecule has 1 saturated heterocycles. The largest absolute Gasteiger partial charge is 0.650 e. The van der Waals surface area contributed by atoms with Crippen molar-refractivity contribution in [3.05, 3.63) is 58.7 Å². The van der Waals surface area contributed by atoms with Crippen LogP contribution in [0.2, 0.25) is 0 Å². The molecule has 1 heterocycles. The number of rotatable bonds is 21. The number of methoxy groups -OCH3 is 1. The van der Waals surface area contributed by atoms with Gasteiger partial charge in [-0.1, -0.05) is 18.6 Å². The zero-order valence-electron chi connectivity index (χ0n) is 27.4. The van der Waals surface area contributed by atoms with Gasteiger partial charge in [0, 0.05) is 70.7 Å². The van der Waals surface area contributed by atoms with Crippen LogP contribution in [0.3, 0.4) is 0 Å². The fourth-order valence-electron chi connectivity index (χ4n) is 4.50. The van der Waals surface area contributed by atoms with Gasteiger partial charge in [0.15, 0.2) is 6.10 Å². The predicted molar refractivity (Wildman–Crippen MR) is 179 cm³/mol. The molecule has 2 aromatic carbocycles. The average molecular weight is 976 g/mol. The number of ether oxygens (including phenoxy) is 8. The molecule has 17 nitrogen and oxygen atoms in total. The van der Waals surface area contributed by atoms with Gasteiger partial charge in [-0.15, -0.1) is 0 Å². The van der Waals surface area contributed by atoms with Crippen LogP contribution in [0.1, 0.15) is 39.9 Å². The zero-order chi connectivity index (χ0) is 36.3. The van der Waals surface area contributed by atoms with Crippen LogP contribution in [0.15, 0.2) is 36.4 Å². The van der Waals surface area contributed by atoms with E-state index in [-0.39, 0.29) is 101 Å². The Labute approximate surface area is 337 Å². The number of hydrogen-bond donors (Lipinski definition) is 4. The van der Waals surface area contributed by atoms with E-state index in [1.165, 1.54) is 53.3 Å². The molecule has 1 radical (unpaired) electrons. The minimum Gasteiger partial charge on any atom is -0.650 e. The Hall–Kier alpha value is -2.79. The van der Waals surface area contributed by atoms with Crippen molar-refractivity contribution in [1.82, 2.24) is 5.32 Å². The Morgan fingerprint density at radius 2 is 1.65 bits per heavy atom. The summed E-state index contributed by atoms with van der Waals surface area (Å²) in [5, 5.41) is 24.8. The summed E-state index contributed by atoms with van der Waals surface area (Å²) < 4.78 is 41.5. The molecule has 0 spiro atoms. The average Bonchev–Trinajstić information content (AvgIpc) is 3.08. The first kappa shape index (κ1) is 44.4. The van der Waals surface area contributed by atoms with Crippen LogP contribution in [0, 0.1) is 38.6 Å². The third-order valence-corrected chi connectivity index (χ3v) is 7.15. The van der Waals surface area contributed by atoms with Gasteiger partial charge in [0.05, 0.1) is 79.6 Å². The monoisotopic (exact) mass is 976 g/mol. The van der Waals surface area contributed by atoms with E-state index in [9.17, 15) is 34.2 Å². The SMILES string of the molecule is COCCOCCOCCNC(=O)c1cc(COC(=O)Nc2ccc(CO[C-]=O)cc2COC(=O)I)ccc1OC1CC(O)CC(C(=O)O)O1.[Tb]. The summed E-state index contributed by atoms with van der Waals surface area (Å²) in [5.74, 6) is -1.79. The van der Waals surface area contributed by atoms with Crippen LogP contribution in [0.5, 0.6) is 5.75 Å². The molecule has 2 aromatic rings. The number of carbonyl (C=O) groups excluding carboxylic acids is 4. The van der Waals surface area contributed by atoms with E-state index in [0.717, 1.165) is 0 Å². The van der Waals surface area contributed by atoms with Gasteiger partial charge < -0.3 is 58.2 Å². The Morgan fingerprint density at radius 3 is 2.35 bits per heavy atom. The van der Waals surface area contributed by atoms with Crippen molar-refractivity contribution in [3.8, 4) is 5.75 Å². The first-order valence-corrected chi connectivity index (χ1v) is 16.3. The maximum absolute atomic E-state index is 13.3. The summed E-state index contributed by atoms with van der Waals surface area (Å²) >= 11 is 1.46. The van der Waals surface area contributed by atoms with Gasteiger partial charge in [-0.25, -0.2) is 14.4 Å². The van der Waals surface area contributed by atoms with E-state index in [2.05, 4.69) is 15.4 Å². The summed E-state index contributed by atoms with van der Waals surface area (Å²) in [6.45, 7) is 2.63. The number of aliphatic hydroxyl groups is 1. The van der Waals surface area contributed by atoms with Gasteiger partial charge in [0.25, 0.3) is 5.91 Å². The van der Waals surface area contributed by atoms with Gasteiger partial charge in [-0.2, -0.15) is 0 Å². The Kier molecular flexibility index (Phi) is 21.3. The first-order chi connectivity index (χ1) is 24.1. The molecule has 1 aliphatic rings. The molecular weight excluding hydrogens is 938 g/mol. The number of amides is 2. The van der Waals surface area contributed by atoms with Crippen molar-refractivity contribution in [2.75, 3.05) is 52.0 Å². The molecule has 2 amide bonds. The fraction of sp³-hybridized carbons (Fsp3) is 0.469. The molecule has 3 unspecified atom stereocenters. The summed E-state index contributed by atoms with van der Waals surface area (Å²) in [4.78, 5) is 59.3. The van der Waals surface area contributed by atoms with Crippen LogP contribution >= 0.6 is 22.6 Å². The molecule has 0 bridgehead atoms. The topological polar surface area (TPSA) is 224 Å². The van der Waals surface area contributed by atoms with Gasteiger partial charge in [-0.3, -0.25) is 10.1 Å². The maximum atomic E-state index is 13.3. The van der Waals surface area contributed by atoms with Gasteiger partial charge in [0.2, 0.25) is 6.29 Å². The minimum absolute atomic E-state index is 0. The standard InChI is InChI=1S/C32H38IN2O15.Tb/c1-43-8-9-45-11-10-44-7-6-34-29(38)24-13-21(3-5-26(24)49-28-15-23(37)14-27(50-28)30(39)40)17-48-32(42)35-25-4-2-20(16-46-19-36)12-22(25)18-47-31(33)41;/h2-5,12-13,23,27-28,37H,6-11,14-18H2,1H3,(H,34,38)(H,35,42)(H,39,40);/q-1;. The van der Waals surface area contributed by atoms with E-state index in [1.807, 2.05) is 0 Å². The molecule has 3 atom stereocenters. The molecular formula is C32H38IN2O15Tb-. The molecule has 3 rings (SSSR count). The normalized spacial score (nSPS) is 16.6. The van der Waals surface area contributed by atoms with E-state index in [4.69, 9.17) is 33.2 Å². The smallest absolute Gasteiger partial charge is 0.411 e. The number of carboxylic acids is 1. The number of aliphatic hydroxyl groups excluding tert-OH is 1. The summed E-state index contributed by atoms with van der Waals surface area (Å²) in [7, 11) is 1.57.